The van der Waals surface area contributed by atoms with Crippen molar-refractivity contribution in [2.45, 2.75) is 43.5 Å². The first-order valence-corrected chi connectivity index (χ1v) is 9.30. The lowest BCUT2D eigenvalue weighted by Crippen LogP contribution is -2.40. The quantitative estimate of drug-likeness (QED) is 0.834. The fourth-order valence-corrected chi connectivity index (χ4v) is 5.44. The zero-order valence-corrected chi connectivity index (χ0v) is 13.6. The molecule has 116 valence electrons. The molecule has 1 aromatic rings. The minimum atomic E-state index is -3.54. The molecule has 0 aliphatic heterocycles. The predicted molar refractivity (Wildman–Crippen MR) is 84.6 cm³/mol. The zero-order valence-electron chi connectivity index (χ0n) is 12.0. The SMILES string of the molecule is CC(NS(=O)(=O)c1ccc(Cl)c(N)c1)C1CC2CCC1C2. The largest absolute Gasteiger partial charge is 0.397 e. The van der Waals surface area contributed by atoms with E-state index in [1.807, 2.05) is 6.92 Å². The van der Waals surface area contributed by atoms with E-state index in [-0.39, 0.29) is 16.6 Å². The normalized spacial score (nSPS) is 29.7. The number of sulfonamides is 1. The molecule has 3 rings (SSSR count). The van der Waals surface area contributed by atoms with Crippen LogP contribution >= 0.6 is 11.6 Å². The lowest BCUT2D eigenvalue weighted by Gasteiger charge is -2.28. The van der Waals surface area contributed by atoms with E-state index in [9.17, 15) is 8.42 Å². The Bertz CT molecular complexity index is 647. The van der Waals surface area contributed by atoms with Crippen LogP contribution in [0.5, 0.6) is 0 Å². The van der Waals surface area contributed by atoms with Gasteiger partial charge in [0, 0.05) is 6.04 Å². The maximum absolute atomic E-state index is 12.5. The molecule has 4 atom stereocenters. The van der Waals surface area contributed by atoms with Crippen LogP contribution in [0, 0.1) is 17.8 Å². The van der Waals surface area contributed by atoms with Gasteiger partial charge in [-0.15, -0.1) is 0 Å². The fourth-order valence-electron chi connectivity index (χ4n) is 4.00. The van der Waals surface area contributed by atoms with Crippen molar-refractivity contribution in [3.8, 4) is 0 Å². The molecule has 2 fully saturated rings. The van der Waals surface area contributed by atoms with E-state index in [4.69, 9.17) is 17.3 Å². The Kier molecular flexibility index (Phi) is 3.93. The number of fused-ring (bicyclic) bond motifs is 2. The van der Waals surface area contributed by atoms with Gasteiger partial charge in [-0.25, -0.2) is 13.1 Å². The summed E-state index contributed by atoms with van der Waals surface area (Å²) >= 11 is 5.84. The molecule has 0 radical (unpaired) electrons. The number of nitrogens with two attached hydrogens (primary N) is 1. The molecule has 4 nitrogen and oxygen atoms in total. The summed E-state index contributed by atoms with van der Waals surface area (Å²) in [6, 6.07) is 4.39. The van der Waals surface area contributed by atoms with Crippen LogP contribution in [0.2, 0.25) is 5.02 Å². The molecule has 0 amide bonds. The van der Waals surface area contributed by atoms with Gasteiger partial charge in [0.05, 0.1) is 15.6 Å². The van der Waals surface area contributed by atoms with Crippen LogP contribution in [0.4, 0.5) is 5.69 Å². The summed E-state index contributed by atoms with van der Waals surface area (Å²) < 4.78 is 27.7. The highest BCUT2D eigenvalue weighted by Gasteiger charge is 2.42. The van der Waals surface area contributed by atoms with Crippen molar-refractivity contribution in [3.63, 3.8) is 0 Å². The molecule has 1 aromatic carbocycles. The molecular formula is C15H21ClN2O2S. The number of nitrogens with one attached hydrogen (secondary N) is 1. The van der Waals surface area contributed by atoms with Crippen LogP contribution in [0.3, 0.4) is 0 Å². The first-order chi connectivity index (χ1) is 9.87. The van der Waals surface area contributed by atoms with Gasteiger partial charge in [-0.2, -0.15) is 0 Å². The summed E-state index contributed by atoms with van der Waals surface area (Å²) in [7, 11) is -3.54. The van der Waals surface area contributed by atoms with Gasteiger partial charge in [-0.05, 0) is 62.1 Å². The summed E-state index contributed by atoms with van der Waals surface area (Å²) in [5.41, 5.74) is 5.98. The molecule has 2 aliphatic carbocycles. The molecule has 0 aromatic heterocycles. The molecule has 2 bridgehead atoms. The summed E-state index contributed by atoms with van der Waals surface area (Å²) in [4.78, 5) is 0.180. The van der Waals surface area contributed by atoms with Gasteiger partial charge in [0.2, 0.25) is 10.0 Å². The molecule has 6 heteroatoms. The molecule has 0 spiro atoms. The maximum Gasteiger partial charge on any atom is 0.240 e. The molecule has 3 N–H and O–H groups in total. The number of benzene rings is 1. The van der Waals surface area contributed by atoms with Crippen molar-refractivity contribution in [1.82, 2.24) is 4.72 Å². The minimum absolute atomic E-state index is 0.0396. The van der Waals surface area contributed by atoms with E-state index in [2.05, 4.69) is 4.72 Å². The highest BCUT2D eigenvalue weighted by molar-refractivity contribution is 7.89. The molecule has 0 heterocycles. The molecule has 2 saturated carbocycles. The van der Waals surface area contributed by atoms with Gasteiger partial charge in [-0.1, -0.05) is 18.0 Å². The summed E-state index contributed by atoms with van der Waals surface area (Å²) in [5.74, 6) is 1.95. The van der Waals surface area contributed by atoms with Crippen molar-refractivity contribution < 1.29 is 8.42 Å². The van der Waals surface area contributed by atoms with Gasteiger partial charge < -0.3 is 5.73 Å². The second kappa shape index (κ2) is 5.45. The number of anilines is 1. The van der Waals surface area contributed by atoms with Gasteiger partial charge in [0.1, 0.15) is 0 Å². The lowest BCUT2D eigenvalue weighted by molar-refractivity contribution is 0.280. The Morgan fingerprint density at radius 2 is 2.10 bits per heavy atom. The van der Waals surface area contributed by atoms with Crippen LogP contribution in [0.15, 0.2) is 23.1 Å². The van der Waals surface area contributed by atoms with Crippen molar-refractivity contribution >= 4 is 27.3 Å². The molecule has 21 heavy (non-hydrogen) atoms. The van der Waals surface area contributed by atoms with Gasteiger partial charge in [-0.3, -0.25) is 0 Å². The van der Waals surface area contributed by atoms with Crippen molar-refractivity contribution in [1.29, 1.82) is 0 Å². The van der Waals surface area contributed by atoms with E-state index < -0.39 is 10.0 Å². The minimum Gasteiger partial charge on any atom is -0.397 e. The van der Waals surface area contributed by atoms with Crippen molar-refractivity contribution in [2.24, 2.45) is 17.8 Å². The highest BCUT2D eigenvalue weighted by atomic mass is 35.5. The Morgan fingerprint density at radius 3 is 2.67 bits per heavy atom. The third-order valence-corrected chi connectivity index (χ3v) is 6.95. The average Bonchev–Trinajstić information content (AvgIpc) is 3.03. The number of hydrogen-bond acceptors (Lipinski definition) is 3. The third kappa shape index (κ3) is 2.91. The molecule has 4 unspecified atom stereocenters. The standard InChI is InChI=1S/C15H21ClN2O2S/c1-9(13-7-10-2-3-11(13)6-10)18-21(19,20)12-4-5-14(16)15(17)8-12/h4-5,8-11,13,18H,2-3,6-7,17H2,1H3. The fraction of sp³-hybridized carbons (Fsp3) is 0.600. The van der Waals surface area contributed by atoms with Crippen LogP contribution in [0.25, 0.3) is 0 Å². The first kappa shape index (κ1) is 15.1. The van der Waals surface area contributed by atoms with Crippen LogP contribution in [0.1, 0.15) is 32.6 Å². The van der Waals surface area contributed by atoms with E-state index in [1.165, 1.54) is 37.5 Å². The topological polar surface area (TPSA) is 72.2 Å². The summed E-state index contributed by atoms with van der Waals surface area (Å²) in [6.45, 7) is 1.97. The van der Waals surface area contributed by atoms with Crippen molar-refractivity contribution in [3.05, 3.63) is 23.2 Å². The zero-order chi connectivity index (χ0) is 15.2. The molecule has 0 saturated heterocycles. The number of hydrogen-bond donors (Lipinski definition) is 2. The third-order valence-electron chi connectivity index (χ3n) is 5.05. The predicted octanol–water partition coefficient (Wildman–Crippen LogP) is 3.03. The highest BCUT2D eigenvalue weighted by Crippen LogP contribution is 2.49. The summed E-state index contributed by atoms with van der Waals surface area (Å²) in [6.07, 6.45) is 4.98. The Hall–Kier alpha value is -0.780. The smallest absolute Gasteiger partial charge is 0.240 e. The number of halogens is 1. The first-order valence-electron chi connectivity index (χ1n) is 7.44. The second-order valence-corrected chi connectivity index (χ2v) is 8.55. The maximum atomic E-state index is 12.5. The van der Waals surface area contributed by atoms with E-state index in [1.54, 1.807) is 0 Å². The summed E-state index contributed by atoms with van der Waals surface area (Å²) in [5, 5.41) is 0.370. The second-order valence-electron chi connectivity index (χ2n) is 6.43. The van der Waals surface area contributed by atoms with Gasteiger partial charge in [0.25, 0.3) is 0 Å². The van der Waals surface area contributed by atoms with Gasteiger partial charge in [0.15, 0.2) is 0 Å². The number of nitrogen functional groups attached to an aromatic ring is 1. The Labute approximate surface area is 131 Å². The van der Waals surface area contributed by atoms with Crippen LogP contribution in [-0.2, 0) is 10.0 Å². The van der Waals surface area contributed by atoms with E-state index in [0.717, 1.165) is 12.3 Å². The van der Waals surface area contributed by atoms with E-state index in [0.29, 0.717) is 16.9 Å². The van der Waals surface area contributed by atoms with E-state index >= 15 is 0 Å². The van der Waals surface area contributed by atoms with Crippen LogP contribution in [-0.4, -0.2) is 14.5 Å². The molecular weight excluding hydrogens is 308 g/mol. The Morgan fingerprint density at radius 1 is 1.33 bits per heavy atom. The average molecular weight is 329 g/mol. The Balaban J connectivity index is 1.75. The lowest BCUT2D eigenvalue weighted by atomic mass is 9.84. The van der Waals surface area contributed by atoms with Crippen molar-refractivity contribution in [2.75, 3.05) is 5.73 Å². The molecule has 2 aliphatic rings. The number of rotatable bonds is 4. The van der Waals surface area contributed by atoms with Gasteiger partial charge >= 0.3 is 0 Å². The monoisotopic (exact) mass is 328 g/mol. The van der Waals surface area contributed by atoms with Crippen LogP contribution < -0.4 is 10.5 Å².